The Kier molecular flexibility index (Phi) is 6.01. The molecule has 0 aromatic heterocycles. The van der Waals surface area contributed by atoms with E-state index in [0.717, 1.165) is 4.90 Å². The molecule has 7 heteroatoms. The van der Waals surface area contributed by atoms with E-state index in [9.17, 15) is 9.59 Å². The fourth-order valence-corrected chi connectivity index (χ4v) is 2.21. The van der Waals surface area contributed by atoms with Gasteiger partial charge < -0.3 is 15.8 Å². The van der Waals surface area contributed by atoms with E-state index in [1.54, 1.807) is 19.2 Å². The Hall–Kier alpha value is -1.89. The monoisotopic (exact) mass is 283 g/mol. The number of thioether (sulfide) groups is 1. The molecule has 6 nitrogen and oxygen atoms in total. The summed E-state index contributed by atoms with van der Waals surface area (Å²) >= 11 is 1.44. The van der Waals surface area contributed by atoms with Gasteiger partial charge in [0.05, 0.1) is 7.11 Å². The van der Waals surface area contributed by atoms with Crippen molar-refractivity contribution in [2.75, 3.05) is 25.6 Å². The molecule has 0 radical (unpaired) electrons. The van der Waals surface area contributed by atoms with Crippen molar-refractivity contribution >= 4 is 29.4 Å². The summed E-state index contributed by atoms with van der Waals surface area (Å²) in [6.45, 7) is 0. The molecule has 0 saturated carbocycles. The van der Waals surface area contributed by atoms with Gasteiger partial charge >= 0.3 is 6.03 Å². The van der Waals surface area contributed by atoms with Crippen LogP contribution in [0.3, 0.4) is 0 Å². The van der Waals surface area contributed by atoms with Crippen molar-refractivity contribution in [1.29, 1.82) is 0 Å². The van der Waals surface area contributed by atoms with Gasteiger partial charge in [-0.05, 0) is 18.2 Å². The van der Waals surface area contributed by atoms with E-state index in [1.165, 1.54) is 18.8 Å². The van der Waals surface area contributed by atoms with E-state index in [2.05, 4.69) is 10.6 Å². The first-order valence-electron chi connectivity index (χ1n) is 5.64. The lowest BCUT2D eigenvalue weighted by atomic mass is 10.3. The number of methoxy groups -OCH3 is 1. The summed E-state index contributed by atoms with van der Waals surface area (Å²) in [4.78, 5) is 23.1. The lowest BCUT2D eigenvalue weighted by Gasteiger charge is -2.07. The Morgan fingerprint density at radius 3 is 2.79 bits per heavy atom. The van der Waals surface area contributed by atoms with Crippen LogP contribution in [0.25, 0.3) is 0 Å². The normalized spacial score (nSPS) is 9.79. The summed E-state index contributed by atoms with van der Waals surface area (Å²) in [6, 6.07) is 4.84. The minimum Gasteiger partial charge on any atom is -0.497 e. The molecule has 0 heterocycles. The maximum absolute atomic E-state index is 11.4. The van der Waals surface area contributed by atoms with Crippen LogP contribution in [-0.4, -0.2) is 31.8 Å². The topological polar surface area (TPSA) is 93.5 Å². The number of carbonyl (C=O) groups excluding carboxylic acids is 2. The van der Waals surface area contributed by atoms with E-state index >= 15 is 0 Å². The second-order valence-electron chi connectivity index (χ2n) is 3.63. The van der Waals surface area contributed by atoms with Crippen molar-refractivity contribution in [2.45, 2.75) is 11.3 Å². The fraction of sp³-hybridized carbons (Fsp3) is 0.333. The van der Waals surface area contributed by atoms with Crippen molar-refractivity contribution in [1.82, 2.24) is 10.6 Å². The van der Waals surface area contributed by atoms with Crippen LogP contribution in [0.2, 0.25) is 0 Å². The van der Waals surface area contributed by atoms with Crippen LogP contribution < -0.4 is 21.1 Å². The summed E-state index contributed by atoms with van der Waals surface area (Å²) in [5, 5.41) is 4.51. The average Bonchev–Trinajstić information content (AvgIpc) is 2.40. The second-order valence-corrected chi connectivity index (χ2v) is 4.77. The largest absolute Gasteiger partial charge is 0.497 e. The maximum Gasteiger partial charge on any atom is 0.321 e. The van der Waals surface area contributed by atoms with Crippen molar-refractivity contribution in [3.63, 3.8) is 0 Å². The molecule has 0 saturated heterocycles. The van der Waals surface area contributed by atoms with E-state index in [0.29, 0.717) is 17.2 Å². The molecule has 19 heavy (non-hydrogen) atoms. The first kappa shape index (κ1) is 15.2. The highest BCUT2D eigenvalue weighted by Gasteiger charge is 2.07. The molecule has 0 unspecified atom stereocenters. The molecule has 0 aliphatic rings. The number of anilines is 1. The molecule has 0 bridgehead atoms. The zero-order valence-corrected chi connectivity index (χ0v) is 11.7. The third kappa shape index (κ3) is 5.09. The number of amides is 3. The van der Waals surface area contributed by atoms with Gasteiger partial charge in [0.1, 0.15) is 5.75 Å². The number of rotatable bonds is 5. The predicted molar refractivity (Wildman–Crippen MR) is 75.3 cm³/mol. The molecule has 0 aliphatic carbocycles. The summed E-state index contributed by atoms with van der Waals surface area (Å²) in [5.41, 5.74) is 6.46. The first-order chi connectivity index (χ1) is 9.06. The Bertz CT molecular complexity index is 466. The SMILES string of the molecule is CNC(=O)NC(=O)CCSc1cc(OC)ccc1N. The average molecular weight is 283 g/mol. The zero-order chi connectivity index (χ0) is 14.3. The minimum absolute atomic E-state index is 0.231. The highest BCUT2D eigenvalue weighted by atomic mass is 32.2. The van der Waals surface area contributed by atoms with Gasteiger partial charge in [0, 0.05) is 29.8 Å². The first-order valence-corrected chi connectivity index (χ1v) is 6.63. The molecule has 1 aromatic carbocycles. The minimum atomic E-state index is -0.504. The van der Waals surface area contributed by atoms with Crippen molar-refractivity contribution in [3.05, 3.63) is 18.2 Å². The third-order valence-corrected chi connectivity index (χ3v) is 3.36. The number of imide groups is 1. The van der Waals surface area contributed by atoms with Gasteiger partial charge in [-0.25, -0.2) is 4.79 Å². The molecule has 4 N–H and O–H groups in total. The lowest BCUT2D eigenvalue weighted by molar-refractivity contribution is -0.119. The summed E-state index contributed by atoms with van der Waals surface area (Å²) < 4.78 is 5.10. The highest BCUT2D eigenvalue weighted by Crippen LogP contribution is 2.29. The van der Waals surface area contributed by atoms with Gasteiger partial charge in [-0.15, -0.1) is 11.8 Å². The van der Waals surface area contributed by atoms with Crippen LogP contribution >= 0.6 is 11.8 Å². The Morgan fingerprint density at radius 1 is 1.42 bits per heavy atom. The van der Waals surface area contributed by atoms with Crippen LogP contribution in [0.4, 0.5) is 10.5 Å². The maximum atomic E-state index is 11.4. The molecular formula is C12H17N3O3S. The summed E-state index contributed by atoms with van der Waals surface area (Å²) in [6.07, 6.45) is 0.231. The third-order valence-electron chi connectivity index (χ3n) is 2.29. The summed E-state index contributed by atoms with van der Waals surface area (Å²) in [7, 11) is 3.03. The number of benzene rings is 1. The molecule has 0 spiro atoms. The number of ether oxygens (including phenoxy) is 1. The molecule has 104 valence electrons. The Balaban J connectivity index is 2.44. The number of hydrogen-bond acceptors (Lipinski definition) is 5. The molecule has 0 aliphatic heterocycles. The quantitative estimate of drug-likeness (QED) is 0.558. The molecule has 1 aromatic rings. The van der Waals surface area contributed by atoms with E-state index < -0.39 is 6.03 Å². The van der Waals surface area contributed by atoms with Crippen LogP contribution in [0.1, 0.15) is 6.42 Å². The number of nitrogen functional groups attached to an aromatic ring is 1. The van der Waals surface area contributed by atoms with E-state index in [4.69, 9.17) is 10.5 Å². The molecule has 0 atom stereocenters. The van der Waals surface area contributed by atoms with Crippen LogP contribution in [-0.2, 0) is 4.79 Å². The standard InChI is InChI=1S/C12H17N3O3S/c1-14-12(17)15-11(16)5-6-19-10-7-8(18-2)3-4-9(10)13/h3-4,7H,5-6,13H2,1-2H3,(H2,14,15,16,17). The van der Waals surface area contributed by atoms with Crippen molar-refractivity contribution in [2.24, 2.45) is 0 Å². The fourth-order valence-electron chi connectivity index (χ4n) is 1.27. The number of urea groups is 1. The number of carbonyl (C=O) groups is 2. The Morgan fingerprint density at radius 2 is 2.16 bits per heavy atom. The smallest absolute Gasteiger partial charge is 0.321 e. The van der Waals surface area contributed by atoms with Gasteiger partial charge in [-0.2, -0.15) is 0 Å². The Labute approximate surface area is 116 Å². The van der Waals surface area contributed by atoms with Crippen LogP contribution in [0.15, 0.2) is 23.1 Å². The highest BCUT2D eigenvalue weighted by molar-refractivity contribution is 7.99. The lowest BCUT2D eigenvalue weighted by Crippen LogP contribution is -2.37. The van der Waals surface area contributed by atoms with Gasteiger partial charge in [0.15, 0.2) is 0 Å². The van der Waals surface area contributed by atoms with E-state index in [1.807, 2.05) is 6.07 Å². The number of hydrogen-bond donors (Lipinski definition) is 3. The predicted octanol–water partition coefficient (Wildman–Crippen LogP) is 1.22. The van der Waals surface area contributed by atoms with Gasteiger partial charge in [-0.1, -0.05) is 0 Å². The van der Waals surface area contributed by atoms with Gasteiger partial charge in [0.2, 0.25) is 5.91 Å². The number of nitrogens with one attached hydrogen (secondary N) is 2. The zero-order valence-electron chi connectivity index (χ0n) is 10.9. The molecular weight excluding hydrogens is 266 g/mol. The summed E-state index contributed by atoms with van der Waals surface area (Å²) in [5.74, 6) is 0.917. The van der Waals surface area contributed by atoms with Gasteiger partial charge in [0.25, 0.3) is 0 Å². The van der Waals surface area contributed by atoms with E-state index in [-0.39, 0.29) is 12.3 Å². The van der Waals surface area contributed by atoms with Crippen molar-refractivity contribution in [3.8, 4) is 5.75 Å². The number of nitrogens with two attached hydrogens (primary N) is 1. The van der Waals surface area contributed by atoms with Crippen LogP contribution in [0.5, 0.6) is 5.75 Å². The van der Waals surface area contributed by atoms with Gasteiger partial charge in [-0.3, -0.25) is 10.1 Å². The second kappa shape index (κ2) is 7.52. The van der Waals surface area contributed by atoms with Crippen molar-refractivity contribution < 1.29 is 14.3 Å². The molecule has 1 rings (SSSR count). The van der Waals surface area contributed by atoms with Crippen LogP contribution in [0, 0.1) is 0 Å². The molecule has 3 amide bonds. The molecule has 0 fully saturated rings.